The highest BCUT2D eigenvalue weighted by atomic mass is 16.3. The molecule has 0 aliphatic carbocycles. The van der Waals surface area contributed by atoms with Crippen LogP contribution in [-0.2, 0) is 0 Å². The number of hydrogen-bond donors (Lipinski definition) is 3. The summed E-state index contributed by atoms with van der Waals surface area (Å²) in [4.78, 5) is 16.7. The van der Waals surface area contributed by atoms with Crippen LogP contribution in [0.1, 0.15) is 20.3 Å². The molecule has 2 amide bonds. The second-order valence-corrected chi connectivity index (χ2v) is 6.79. The largest absolute Gasteiger partial charge is 0.393 e. The molecule has 1 fully saturated rings. The van der Waals surface area contributed by atoms with Gasteiger partial charge in [0.15, 0.2) is 0 Å². The van der Waals surface area contributed by atoms with Gasteiger partial charge < -0.3 is 25.5 Å². The molecule has 1 aliphatic heterocycles. The van der Waals surface area contributed by atoms with Gasteiger partial charge in [-0.15, -0.1) is 0 Å². The number of likely N-dealkylation sites (N-methyl/N-ethyl adjacent to an activating group) is 1. The minimum Gasteiger partial charge on any atom is -0.393 e. The Labute approximate surface area is 144 Å². The molecule has 2 rings (SSSR count). The summed E-state index contributed by atoms with van der Waals surface area (Å²) in [7, 11) is 2.13. The second-order valence-electron chi connectivity index (χ2n) is 6.79. The number of anilines is 2. The van der Waals surface area contributed by atoms with Crippen molar-refractivity contribution in [3.8, 4) is 0 Å². The van der Waals surface area contributed by atoms with Crippen molar-refractivity contribution in [2.45, 2.75) is 26.4 Å². The molecular weight excluding hydrogens is 304 g/mol. The highest BCUT2D eigenvalue weighted by molar-refractivity contribution is 5.93. The van der Waals surface area contributed by atoms with Gasteiger partial charge in [0.25, 0.3) is 0 Å². The van der Waals surface area contributed by atoms with Crippen molar-refractivity contribution in [2.75, 3.05) is 50.0 Å². The normalized spacial score (nSPS) is 17.0. The number of para-hydroxylation sites is 2. The second kappa shape index (κ2) is 8.89. The van der Waals surface area contributed by atoms with E-state index < -0.39 is 0 Å². The van der Waals surface area contributed by atoms with Gasteiger partial charge in [0.1, 0.15) is 0 Å². The first-order valence-electron chi connectivity index (χ1n) is 8.73. The molecule has 0 aromatic heterocycles. The summed E-state index contributed by atoms with van der Waals surface area (Å²) in [5, 5.41) is 15.5. The number of amides is 2. The lowest BCUT2D eigenvalue weighted by atomic mass is 10.0. The zero-order chi connectivity index (χ0) is 17.5. The molecule has 1 heterocycles. The topological polar surface area (TPSA) is 67.8 Å². The molecule has 134 valence electrons. The smallest absolute Gasteiger partial charge is 0.319 e. The predicted octanol–water partition coefficient (Wildman–Crippen LogP) is 1.97. The average molecular weight is 334 g/mol. The van der Waals surface area contributed by atoms with Crippen LogP contribution >= 0.6 is 0 Å². The maximum Gasteiger partial charge on any atom is 0.319 e. The van der Waals surface area contributed by atoms with Crippen molar-refractivity contribution in [1.29, 1.82) is 0 Å². The summed E-state index contributed by atoms with van der Waals surface area (Å²) >= 11 is 0. The molecule has 6 nitrogen and oxygen atoms in total. The maximum absolute atomic E-state index is 12.1. The van der Waals surface area contributed by atoms with E-state index in [2.05, 4.69) is 27.5 Å². The Morgan fingerprint density at radius 2 is 1.88 bits per heavy atom. The Kier molecular flexibility index (Phi) is 6.87. The number of hydrogen-bond acceptors (Lipinski definition) is 4. The van der Waals surface area contributed by atoms with Gasteiger partial charge in [-0.25, -0.2) is 4.79 Å². The van der Waals surface area contributed by atoms with Crippen LogP contribution in [0, 0.1) is 5.92 Å². The standard InChI is InChI=1S/C18H30N4O2/c1-14(2)17(23)8-9-19-18(24)20-15-6-4-5-7-16(15)22-12-10-21(3)11-13-22/h4-7,14,17,23H,8-13H2,1-3H3,(H2,19,20,24). The molecule has 0 radical (unpaired) electrons. The lowest BCUT2D eigenvalue weighted by Gasteiger charge is -2.35. The van der Waals surface area contributed by atoms with E-state index in [-0.39, 0.29) is 18.1 Å². The van der Waals surface area contributed by atoms with Gasteiger partial charge >= 0.3 is 6.03 Å². The van der Waals surface area contributed by atoms with Gasteiger partial charge in [0.05, 0.1) is 17.5 Å². The third-order valence-corrected chi connectivity index (χ3v) is 4.49. The molecule has 1 unspecified atom stereocenters. The number of carbonyl (C=O) groups is 1. The molecule has 0 spiro atoms. The first kappa shape index (κ1) is 18.5. The van der Waals surface area contributed by atoms with E-state index in [1.807, 2.05) is 38.1 Å². The Morgan fingerprint density at radius 3 is 2.54 bits per heavy atom. The Balaban J connectivity index is 1.89. The summed E-state index contributed by atoms with van der Waals surface area (Å²) in [6.45, 7) is 8.35. The van der Waals surface area contributed by atoms with Crippen molar-refractivity contribution >= 4 is 17.4 Å². The van der Waals surface area contributed by atoms with Crippen LogP contribution in [0.15, 0.2) is 24.3 Å². The molecule has 0 bridgehead atoms. The number of aliphatic hydroxyl groups excluding tert-OH is 1. The van der Waals surface area contributed by atoms with Gasteiger partial charge in [0, 0.05) is 32.7 Å². The van der Waals surface area contributed by atoms with Crippen molar-refractivity contribution in [3.05, 3.63) is 24.3 Å². The number of urea groups is 1. The van der Waals surface area contributed by atoms with E-state index >= 15 is 0 Å². The van der Waals surface area contributed by atoms with Crippen LogP contribution in [0.4, 0.5) is 16.2 Å². The van der Waals surface area contributed by atoms with Crippen molar-refractivity contribution < 1.29 is 9.90 Å². The fourth-order valence-electron chi connectivity index (χ4n) is 2.74. The van der Waals surface area contributed by atoms with Gasteiger partial charge in [-0.2, -0.15) is 0 Å². The molecular formula is C18H30N4O2. The monoisotopic (exact) mass is 334 g/mol. The van der Waals surface area contributed by atoms with Crippen LogP contribution in [0.2, 0.25) is 0 Å². The molecule has 1 saturated heterocycles. The average Bonchev–Trinajstić information content (AvgIpc) is 2.56. The summed E-state index contributed by atoms with van der Waals surface area (Å²) in [5.74, 6) is 0.202. The van der Waals surface area contributed by atoms with Gasteiger partial charge in [-0.1, -0.05) is 26.0 Å². The van der Waals surface area contributed by atoms with Gasteiger partial charge in [0.2, 0.25) is 0 Å². The third kappa shape index (κ3) is 5.39. The molecule has 1 aromatic rings. The lowest BCUT2D eigenvalue weighted by molar-refractivity contribution is 0.117. The number of rotatable bonds is 6. The van der Waals surface area contributed by atoms with Crippen LogP contribution < -0.4 is 15.5 Å². The number of piperazine rings is 1. The highest BCUT2D eigenvalue weighted by Gasteiger charge is 2.17. The molecule has 24 heavy (non-hydrogen) atoms. The summed E-state index contributed by atoms with van der Waals surface area (Å²) in [5.41, 5.74) is 1.88. The van der Waals surface area contributed by atoms with E-state index in [1.54, 1.807) is 0 Å². The van der Waals surface area contributed by atoms with Crippen molar-refractivity contribution in [2.24, 2.45) is 5.92 Å². The van der Waals surface area contributed by atoms with E-state index in [4.69, 9.17) is 0 Å². The van der Waals surface area contributed by atoms with E-state index in [1.165, 1.54) is 0 Å². The van der Waals surface area contributed by atoms with Gasteiger partial charge in [-0.3, -0.25) is 0 Å². The van der Waals surface area contributed by atoms with E-state index in [9.17, 15) is 9.90 Å². The Morgan fingerprint density at radius 1 is 1.21 bits per heavy atom. The van der Waals surface area contributed by atoms with Crippen LogP contribution in [0.3, 0.4) is 0 Å². The molecule has 1 atom stereocenters. The first-order chi connectivity index (χ1) is 11.5. The highest BCUT2D eigenvalue weighted by Crippen LogP contribution is 2.26. The third-order valence-electron chi connectivity index (χ3n) is 4.49. The van der Waals surface area contributed by atoms with Crippen LogP contribution in [0.5, 0.6) is 0 Å². The van der Waals surface area contributed by atoms with Gasteiger partial charge in [-0.05, 0) is 31.5 Å². The SMILES string of the molecule is CC(C)C(O)CCNC(=O)Nc1ccccc1N1CCN(C)CC1. The first-order valence-corrected chi connectivity index (χ1v) is 8.73. The van der Waals surface area contributed by atoms with E-state index in [0.717, 1.165) is 37.6 Å². The molecule has 3 N–H and O–H groups in total. The number of benzene rings is 1. The number of carbonyl (C=O) groups excluding carboxylic acids is 1. The van der Waals surface area contributed by atoms with Crippen molar-refractivity contribution in [1.82, 2.24) is 10.2 Å². The summed E-state index contributed by atoms with van der Waals surface area (Å²) in [6.07, 6.45) is 0.175. The quantitative estimate of drug-likeness (QED) is 0.744. The minimum absolute atomic E-state index is 0.202. The van der Waals surface area contributed by atoms with Crippen LogP contribution in [0.25, 0.3) is 0 Å². The number of aliphatic hydroxyl groups is 1. The molecule has 1 aliphatic rings. The zero-order valence-electron chi connectivity index (χ0n) is 15.0. The fraction of sp³-hybridized carbons (Fsp3) is 0.611. The number of nitrogens with one attached hydrogen (secondary N) is 2. The Hall–Kier alpha value is -1.79. The van der Waals surface area contributed by atoms with Crippen molar-refractivity contribution in [3.63, 3.8) is 0 Å². The Bertz CT molecular complexity index is 528. The summed E-state index contributed by atoms with van der Waals surface area (Å²) < 4.78 is 0. The minimum atomic E-state index is -0.386. The molecule has 1 aromatic carbocycles. The van der Waals surface area contributed by atoms with Crippen LogP contribution in [-0.4, -0.2) is 61.9 Å². The predicted molar refractivity (Wildman–Crippen MR) is 98.6 cm³/mol. The lowest BCUT2D eigenvalue weighted by Crippen LogP contribution is -2.44. The number of nitrogens with zero attached hydrogens (tertiary/aromatic N) is 2. The maximum atomic E-state index is 12.1. The molecule has 0 saturated carbocycles. The fourth-order valence-corrected chi connectivity index (χ4v) is 2.74. The van der Waals surface area contributed by atoms with E-state index in [0.29, 0.717) is 13.0 Å². The zero-order valence-corrected chi connectivity index (χ0v) is 15.0. The molecule has 6 heteroatoms. The summed E-state index contributed by atoms with van der Waals surface area (Å²) in [6, 6.07) is 7.67.